The number of rotatable bonds is 4. The number of nitrogens with zero attached hydrogens (tertiary/aromatic N) is 2. The number of sulfonamides is 1. The van der Waals surface area contributed by atoms with Gasteiger partial charge in [-0.15, -0.1) is 0 Å². The molecule has 0 unspecified atom stereocenters. The van der Waals surface area contributed by atoms with E-state index in [1.165, 1.54) is 26.4 Å². The van der Waals surface area contributed by atoms with Crippen LogP contribution in [0.2, 0.25) is 0 Å². The van der Waals surface area contributed by atoms with Gasteiger partial charge < -0.3 is 10.4 Å². The predicted molar refractivity (Wildman–Crippen MR) is 67.8 cm³/mol. The largest absolute Gasteiger partial charge is 0.393 e. The average Bonchev–Trinajstić information content (AvgIpc) is 2.27. The summed E-state index contributed by atoms with van der Waals surface area (Å²) < 4.78 is 24.8. The third kappa shape index (κ3) is 2.63. The standard InChI is InChI=1S/C11H17N3O3S/c1-14(2)18(16,17)10-3-4-11(12-7-10)13-8-5-9(15)6-8/h3-4,7-9,15H,5-6H2,1-2H3,(H,12,13). The lowest BCUT2D eigenvalue weighted by Crippen LogP contribution is -2.39. The molecule has 2 N–H and O–H groups in total. The summed E-state index contributed by atoms with van der Waals surface area (Å²) in [5.74, 6) is 0.629. The Morgan fingerprint density at radius 1 is 1.39 bits per heavy atom. The molecule has 1 fully saturated rings. The Hall–Kier alpha value is -1.18. The fourth-order valence-electron chi connectivity index (χ4n) is 1.74. The number of hydrogen-bond donors (Lipinski definition) is 2. The van der Waals surface area contributed by atoms with Gasteiger partial charge in [-0.25, -0.2) is 17.7 Å². The van der Waals surface area contributed by atoms with E-state index in [1.807, 2.05) is 0 Å². The molecule has 100 valence electrons. The minimum Gasteiger partial charge on any atom is -0.393 e. The van der Waals surface area contributed by atoms with Crippen molar-refractivity contribution in [1.82, 2.24) is 9.29 Å². The van der Waals surface area contributed by atoms with Crippen LogP contribution in [-0.2, 0) is 10.0 Å². The highest BCUT2D eigenvalue weighted by Crippen LogP contribution is 2.23. The first-order valence-corrected chi connectivity index (χ1v) is 7.17. The molecule has 1 aliphatic carbocycles. The van der Waals surface area contributed by atoms with Gasteiger partial charge in [-0.3, -0.25) is 0 Å². The summed E-state index contributed by atoms with van der Waals surface area (Å²) >= 11 is 0. The third-order valence-electron chi connectivity index (χ3n) is 2.98. The average molecular weight is 271 g/mol. The van der Waals surface area contributed by atoms with Crippen molar-refractivity contribution in [3.05, 3.63) is 18.3 Å². The van der Waals surface area contributed by atoms with E-state index in [1.54, 1.807) is 6.07 Å². The van der Waals surface area contributed by atoms with Gasteiger partial charge in [0.25, 0.3) is 0 Å². The molecular formula is C11H17N3O3S. The first kappa shape index (κ1) is 13.3. The lowest BCUT2D eigenvalue weighted by atomic mass is 9.89. The monoisotopic (exact) mass is 271 g/mol. The molecule has 1 aliphatic rings. The highest BCUT2D eigenvalue weighted by Gasteiger charge is 2.27. The Morgan fingerprint density at radius 2 is 2.06 bits per heavy atom. The number of aliphatic hydroxyl groups is 1. The van der Waals surface area contributed by atoms with Crippen LogP contribution in [0.3, 0.4) is 0 Å². The van der Waals surface area contributed by atoms with Crippen molar-refractivity contribution in [1.29, 1.82) is 0 Å². The summed E-state index contributed by atoms with van der Waals surface area (Å²) in [6.07, 6.45) is 2.53. The number of hydrogen-bond acceptors (Lipinski definition) is 5. The molecule has 1 saturated carbocycles. The second-order valence-electron chi connectivity index (χ2n) is 4.63. The fraction of sp³-hybridized carbons (Fsp3) is 0.545. The van der Waals surface area contributed by atoms with E-state index in [0.29, 0.717) is 18.7 Å². The van der Waals surface area contributed by atoms with E-state index < -0.39 is 10.0 Å². The molecule has 1 aromatic heterocycles. The number of anilines is 1. The molecule has 7 heteroatoms. The summed E-state index contributed by atoms with van der Waals surface area (Å²) in [5.41, 5.74) is 0. The van der Waals surface area contributed by atoms with Gasteiger partial charge in [-0.05, 0) is 25.0 Å². The van der Waals surface area contributed by atoms with Gasteiger partial charge in [0.2, 0.25) is 10.0 Å². The van der Waals surface area contributed by atoms with Gasteiger partial charge in [0.05, 0.1) is 6.10 Å². The molecule has 1 heterocycles. The van der Waals surface area contributed by atoms with Crippen molar-refractivity contribution in [2.45, 2.75) is 29.9 Å². The molecule has 0 amide bonds. The first-order valence-electron chi connectivity index (χ1n) is 5.73. The Morgan fingerprint density at radius 3 is 2.50 bits per heavy atom. The molecule has 2 rings (SSSR count). The van der Waals surface area contributed by atoms with Crippen LogP contribution in [-0.4, -0.2) is 49.1 Å². The van der Waals surface area contributed by atoms with E-state index >= 15 is 0 Å². The molecular weight excluding hydrogens is 254 g/mol. The highest BCUT2D eigenvalue weighted by molar-refractivity contribution is 7.89. The molecule has 0 radical (unpaired) electrons. The third-order valence-corrected chi connectivity index (χ3v) is 4.78. The molecule has 0 bridgehead atoms. The van der Waals surface area contributed by atoms with Gasteiger partial charge in [-0.2, -0.15) is 0 Å². The maximum Gasteiger partial charge on any atom is 0.244 e. The summed E-state index contributed by atoms with van der Waals surface area (Å²) in [6.45, 7) is 0. The number of nitrogens with one attached hydrogen (secondary N) is 1. The van der Waals surface area contributed by atoms with Gasteiger partial charge in [-0.1, -0.05) is 0 Å². The molecule has 0 aromatic carbocycles. The topological polar surface area (TPSA) is 82.5 Å². The highest BCUT2D eigenvalue weighted by atomic mass is 32.2. The maximum absolute atomic E-state index is 11.8. The van der Waals surface area contributed by atoms with Crippen LogP contribution in [0.5, 0.6) is 0 Å². The van der Waals surface area contributed by atoms with Crippen LogP contribution in [0.25, 0.3) is 0 Å². The number of aromatic nitrogens is 1. The van der Waals surface area contributed by atoms with Crippen molar-refractivity contribution in [3.8, 4) is 0 Å². The van der Waals surface area contributed by atoms with Gasteiger partial charge in [0, 0.05) is 26.3 Å². The molecule has 6 nitrogen and oxygen atoms in total. The molecule has 18 heavy (non-hydrogen) atoms. The molecule has 0 atom stereocenters. The number of aliphatic hydroxyl groups excluding tert-OH is 1. The van der Waals surface area contributed by atoms with Crippen LogP contribution in [0.1, 0.15) is 12.8 Å². The summed E-state index contributed by atoms with van der Waals surface area (Å²) in [7, 11) is -0.453. The van der Waals surface area contributed by atoms with Crippen molar-refractivity contribution in [2.75, 3.05) is 19.4 Å². The molecule has 0 aliphatic heterocycles. The van der Waals surface area contributed by atoms with Crippen molar-refractivity contribution < 1.29 is 13.5 Å². The SMILES string of the molecule is CN(C)S(=O)(=O)c1ccc(NC2CC(O)C2)nc1. The van der Waals surface area contributed by atoms with E-state index in [-0.39, 0.29) is 17.0 Å². The van der Waals surface area contributed by atoms with Gasteiger partial charge in [0.1, 0.15) is 10.7 Å². The molecule has 0 spiro atoms. The first-order chi connectivity index (χ1) is 8.39. The Kier molecular flexibility index (Phi) is 3.56. The minimum atomic E-state index is -3.42. The lowest BCUT2D eigenvalue weighted by molar-refractivity contribution is 0.0835. The van der Waals surface area contributed by atoms with Crippen LogP contribution in [0, 0.1) is 0 Å². The quantitative estimate of drug-likeness (QED) is 0.821. The van der Waals surface area contributed by atoms with E-state index in [4.69, 9.17) is 5.11 Å². The summed E-state index contributed by atoms with van der Waals surface area (Å²) in [5, 5.41) is 12.3. The normalized spacial score (nSPS) is 23.8. The second kappa shape index (κ2) is 4.83. The minimum absolute atomic E-state index is 0.173. The summed E-state index contributed by atoms with van der Waals surface area (Å²) in [4.78, 5) is 4.25. The van der Waals surface area contributed by atoms with E-state index in [9.17, 15) is 8.42 Å². The zero-order valence-electron chi connectivity index (χ0n) is 10.4. The van der Waals surface area contributed by atoms with Crippen LogP contribution >= 0.6 is 0 Å². The van der Waals surface area contributed by atoms with Crippen molar-refractivity contribution in [2.24, 2.45) is 0 Å². The van der Waals surface area contributed by atoms with E-state index in [2.05, 4.69) is 10.3 Å². The van der Waals surface area contributed by atoms with Crippen molar-refractivity contribution in [3.63, 3.8) is 0 Å². The Balaban J connectivity index is 2.06. The number of pyridine rings is 1. The van der Waals surface area contributed by atoms with Gasteiger partial charge >= 0.3 is 0 Å². The molecule has 0 saturated heterocycles. The fourth-order valence-corrected chi connectivity index (χ4v) is 2.59. The van der Waals surface area contributed by atoms with Gasteiger partial charge in [0.15, 0.2) is 0 Å². The predicted octanol–water partition coefficient (Wildman–Crippen LogP) is 0.267. The van der Waals surface area contributed by atoms with E-state index in [0.717, 1.165) is 4.31 Å². The van der Waals surface area contributed by atoms with Crippen LogP contribution in [0.15, 0.2) is 23.2 Å². The second-order valence-corrected chi connectivity index (χ2v) is 6.78. The smallest absolute Gasteiger partial charge is 0.244 e. The zero-order valence-corrected chi connectivity index (χ0v) is 11.2. The maximum atomic E-state index is 11.8. The Bertz CT molecular complexity index is 507. The zero-order chi connectivity index (χ0) is 13.3. The molecule has 1 aromatic rings. The Labute approximate surface area is 107 Å². The van der Waals surface area contributed by atoms with Crippen LogP contribution < -0.4 is 5.32 Å². The van der Waals surface area contributed by atoms with Crippen LogP contribution in [0.4, 0.5) is 5.82 Å². The van der Waals surface area contributed by atoms with Crippen molar-refractivity contribution >= 4 is 15.8 Å². The lowest BCUT2D eigenvalue weighted by Gasteiger charge is -2.32. The summed E-state index contributed by atoms with van der Waals surface area (Å²) in [6, 6.07) is 3.39.